The standard InChI is InChI=1S/C10H14ClN3O.ClH/c11-6-10(15)13-7-8-2-1-3-9-12-4-5-14(8)9;/h4-5,8H,1-3,6-7H2,(H,13,15);1H. The molecule has 1 aromatic rings. The maximum Gasteiger partial charge on any atom is 0.234 e. The number of alkyl halides is 1. The Labute approximate surface area is 106 Å². The number of aromatic nitrogens is 2. The average molecular weight is 264 g/mol. The second-order valence-corrected chi connectivity index (χ2v) is 4.00. The van der Waals surface area contributed by atoms with Gasteiger partial charge < -0.3 is 9.88 Å². The number of nitrogens with one attached hydrogen (secondary N) is 1. The van der Waals surface area contributed by atoms with Gasteiger partial charge in [0.25, 0.3) is 0 Å². The number of aryl methyl sites for hydroxylation is 1. The number of carbonyl (C=O) groups excluding carboxylic acids is 1. The van der Waals surface area contributed by atoms with E-state index in [1.807, 2.05) is 12.4 Å². The van der Waals surface area contributed by atoms with E-state index in [9.17, 15) is 4.79 Å². The van der Waals surface area contributed by atoms with E-state index in [0.29, 0.717) is 12.6 Å². The fourth-order valence-electron chi connectivity index (χ4n) is 1.98. The molecule has 1 aromatic heterocycles. The summed E-state index contributed by atoms with van der Waals surface area (Å²) < 4.78 is 2.15. The molecule has 1 N–H and O–H groups in total. The Morgan fingerprint density at radius 3 is 3.25 bits per heavy atom. The molecule has 4 nitrogen and oxygen atoms in total. The molecule has 0 spiro atoms. The van der Waals surface area contributed by atoms with Crippen molar-refractivity contribution in [2.45, 2.75) is 25.3 Å². The molecule has 0 radical (unpaired) electrons. The number of rotatable bonds is 3. The highest BCUT2D eigenvalue weighted by atomic mass is 35.5. The molecule has 90 valence electrons. The minimum atomic E-state index is -0.107. The monoisotopic (exact) mass is 263 g/mol. The van der Waals surface area contributed by atoms with Crippen LogP contribution in [-0.2, 0) is 11.2 Å². The number of nitrogens with zero attached hydrogens (tertiary/aromatic N) is 2. The minimum Gasteiger partial charge on any atom is -0.353 e. The van der Waals surface area contributed by atoms with Crippen LogP contribution in [0, 0.1) is 0 Å². The predicted molar refractivity (Wildman–Crippen MR) is 65.2 cm³/mol. The van der Waals surface area contributed by atoms with E-state index < -0.39 is 0 Å². The fraction of sp³-hybridized carbons (Fsp3) is 0.600. The molecule has 0 saturated carbocycles. The molecule has 16 heavy (non-hydrogen) atoms. The Morgan fingerprint density at radius 1 is 1.69 bits per heavy atom. The molecule has 1 amide bonds. The number of imidazole rings is 1. The van der Waals surface area contributed by atoms with Crippen molar-refractivity contribution < 1.29 is 4.79 Å². The van der Waals surface area contributed by atoms with E-state index >= 15 is 0 Å². The second-order valence-electron chi connectivity index (χ2n) is 3.73. The lowest BCUT2D eigenvalue weighted by Gasteiger charge is -2.25. The third kappa shape index (κ3) is 2.89. The van der Waals surface area contributed by atoms with Crippen LogP contribution in [0.1, 0.15) is 24.7 Å². The van der Waals surface area contributed by atoms with Crippen LogP contribution in [0.2, 0.25) is 0 Å². The molecule has 0 fully saturated rings. The topological polar surface area (TPSA) is 46.9 Å². The van der Waals surface area contributed by atoms with Crippen LogP contribution in [0.25, 0.3) is 0 Å². The van der Waals surface area contributed by atoms with E-state index in [1.54, 1.807) is 0 Å². The van der Waals surface area contributed by atoms with E-state index in [4.69, 9.17) is 11.6 Å². The van der Waals surface area contributed by atoms with Gasteiger partial charge in [-0.25, -0.2) is 4.98 Å². The molecule has 2 heterocycles. The first-order valence-corrected chi connectivity index (χ1v) is 5.69. The summed E-state index contributed by atoms with van der Waals surface area (Å²) in [6.07, 6.45) is 7.06. The number of amides is 1. The molecule has 0 saturated heterocycles. The van der Waals surface area contributed by atoms with Crippen LogP contribution in [0.15, 0.2) is 12.4 Å². The van der Waals surface area contributed by atoms with Crippen molar-refractivity contribution >= 4 is 29.9 Å². The number of hydrogen-bond donors (Lipinski definition) is 1. The third-order valence-corrected chi connectivity index (χ3v) is 2.98. The average Bonchev–Trinajstić information content (AvgIpc) is 2.74. The molecule has 2 rings (SSSR count). The van der Waals surface area contributed by atoms with Crippen LogP contribution < -0.4 is 5.32 Å². The van der Waals surface area contributed by atoms with E-state index in [-0.39, 0.29) is 24.2 Å². The summed E-state index contributed by atoms with van der Waals surface area (Å²) in [6.45, 7) is 0.648. The van der Waals surface area contributed by atoms with Gasteiger partial charge in [0.2, 0.25) is 5.91 Å². The molecule has 6 heteroatoms. The van der Waals surface area contributed by atoms with Crippen molar-refractivity contribution in [1.82, 2.24) is 14.9 Å². The highest BCUT2D eigenvalue weighted by Crippen LogP contribution is 2.22. The first-order chi connectivity index (χ1) is 7.31. The highest BCUT2D eigenvalue weighted by molar-refractivity contribution is 6.27. The minimum absolute atomic E-state index is 0. The number of hydrogen-bond acceptors (Lipinski definition) is 2. The van der Waals surface area contributed by atoms with Crippen LogP contribution in [0.3, 0.4) is 0 Å². The molecule has 1 aliphatic heterocycles. The van der Waals surface area contributed by atoms with Gasteiger partial charge in [0, 0.05) is 25.4 Å². The quantitative estimate of drug-likeness (QED) is 0.842. The predicted octanol–water partition coefficient (Wildman–Crippen LogP) is 1.54. The molecule has 1 aliphatic rings. The van der Waals surface area contributed by atoms with Crippen molar-refractivity contribution in [3.63, 3.8) is 0 Å². The summed E-state index contributed by atoms with van der Waals surface area (Å²) in [5.41, 5.74) is 0. The van der Waals surface area contributed by atoms with E-state index in [1.165, 1.54) is 0 Å². The normalized spacial score (nSPS) is 18.4. The second kappa shape index (κ2) is 6.11. The largest absolute Gasteiger partial charge is 0.353 e. The molecule has 1 atom stereocenters. The number of carbonyl (C=O) groups is 1. The maximum atomic E-state index is 11.0. The Bertz CT molecular complexity index is 354. The van der Waals surface area contributed by atoms with Gasteiger partial charge in [0.15, 0.2) is 0 Å². The zero-order chi connectivity index (χ0) is 10.7. The summed E-state index contributed by atoms with van der Waals surface area (Å²) in [5.74, 6) is 1.04. The van der Waals surface area contributed by atoms with Crippen molar-refractivity contribution in [1.29, 1.82) is 0 Å². The lowest BCUT2D eigenvalue weighted by molar-refractivity contribution is -0.118. The maximum absolute atomic E-state index is 11.0. The van der Waals surface area contributed by atoms with Gasteiger partial charge in [0.1, 0.15) is 11.7 Å². The molecule has 0 bridgehead atoms. The summed E-state index contributed by atoms with van der Waals surface area (Å²) in [7, 11) is 0. The zero-order valence-corrected chi connectivity index (χ0v) is 10.4. The molecule has 1 unspecified atom stereocenters. The molecule has 0 aliphatic carbocycles. The lowest BCUT2D eigenvalue weighted by atomic mass is 10.0. The van der Waals surface area contributed by atoms with Gasteiger partial charge in [-0.3, -0.25) is 4.79 Å². The smallest absolute Gasteiger partial charge is 0.234 e. The zero-order valence-electron chi connectivity index (χ0n) is 8.86. The summed E-state index contributed by atoms with van der Waals surface area (Å²) >= 11 is 5.42. The van der Waals surface area contributed by atoms with Crippen LogP contribution in [-0.4, -0.2) is 27.9 Å². The van der Waals surface area contributed by atoms with Crippen molar-refractivity contribution in [2.24, 2.45) is 0 Å². The van der Waals surface area contributed by atoms with Crippen LogP contribution in [0.5, 0.6) is 0 Å². The Hall–Kier alpha value is -0.740. The van der Waals surface area contributed by atoms with Crippen molar-refractivity contribution in [3.05, 3.63) is 18.2 Å². The number of fused-ring (bicyclic) bond motifs is 1. The third-order valence-electron chi connectivity index (χ3n) is 2.74. The van der Waals surface area contributed by atoms with E-state index in [2.05, 4.69) is 14.9 Å². The van der Waals surface area contributed by atoms with Gasteiger partial charge in [0.05, 0.1) is 6.04 Å². The van der Waals surface area contributed by atoms with Gasteiger partial charge in [-0.15, -0.1) is 24.0 Å². The molecule has 0 aromatic carbocycles. The molecular formula is C10H15Cl2N3O. The van der Waals surface area contributed by atoms with Gasteiger partial charge in [-0.05, 0) is 12.8 Å². The summed E-state index contributed by atoms with van der Waals surface area (Å²) in [5, 5.41) is 2.81. The SMILES string of the molecule is Cl.O=C(CCl)NCC1CCCc2nccn21. The van der Waals surface area contributed by atoms with E-state index in [0.717, 1.165) is 25.1 Å². The highest BCUT2D eigenvalue weighted by Gasteiger charge is 2.19. The van der Waals surface area contributed by atoms with Crippen LogP contribution in [0.4, 0.5) is 0 Å². The van der Waals surface area contributed by atoms with Crippen molar-refractivity contribution in [2.75, 3.05) is 12.4 Å². The first kappa shape index (κ1) is 13.3. The van der Waals surface area contributed by atoms with Gasteiger partial charge >= 0.3 is 0 Å². The van der Waals surface area contributed by atoms with Crippen molar-refractivity contribution in [3.8, 4) is 0 Å². The fourth-order valence-corrected chi connectivity index (χ4v) is 2.08. The first-order valence-electron chi connectivity index (χ1n) is 5.15. The van der Waals surface area contributed by atoms with Gasteiger partial charge in [-0.1, -0.05) is 0 Å². The summed E-state index contributed by atoms with van der Waals surface area (Å²) in [6, 6.07) is 0.336. The Kier molecular flexibility index (Phi) is 5.09. The Balaban J connectivity index is 0.00000128. The van der Waals surface area contributed by atoms with Gasteiger partial charge in [-0.2, -0.15) is 0 Å². The Morgan fingerprint density at radius 2 is 2.50 bits per heavy atom. The van der Waals surface area contributed by atoms with Crippen LogP contribution >= 0.6 is 24.0 Å². The lowest BCUT2D eigenvalue weighted by Crippen LogP contribution is -2.33. The number of halogens is 2. The summed E-state index contributed by atoms with van der Waals surface area (Å²) in [4.78, 5) is 15.3. The molecular weight excluding hydrogens is 249 g/mol.